The summed E-state index contributed by atoms with van der Waals surface area (Å²) >= 11 is 0. The molecule has 0 bridgehead atoms. The van der Waals surface area contributed by atoms with E-state index in [4.69, 9.17) is 4.74 Å². The van der Waals surface area contributed by atoms with E-state index in [2.05, 4.69) is 15.4 Å². The largest absolute Gasteiger partial charge is 0.494 e. The number of amides is 1. The fourth-order valence-electron chi connectivity index (χ4n) is 3.72. The molecular formula is C23H25N5O2. The Bertz CT molecular complexity index is 1220. The van der Waals surface area contributed by atoms with E-state index in [1.807, 2.05) is 78.6 Å². The molecule has 4 aromatic rings. The SMILES string of the molecule is CCc1nc2ccccc2n1CC(=O)Nc1ccc(-n2nc(C)cc2C)c(OC)c1. The van der Waals surface area contributed by atoms with Crippen molar-refractivity contribution in [3.63, 3.8) is 0 Å². The van der Waals surface area contributed by atoms with Crippen LogP contribution in [0.15, 0.2) is 48.5 Å². The van der Waals surface area contributed by atoms with Gasteiger partial charge in [0.05, 0.1) is 23.8 Å². The van der Waals surface area contributed by atoms with E-state index in [0.717, 1.165) is 40.4 Å². The third-order valence-corrected chi connectivity index (χ3v) is 5.05. The van der Waals surface area contributed by atoms with Crippen molar-refractivity contribution in [2.45, 2.75) is 33.7 Å². The number of carbonyl (C=O) groups is 1. The number of nitrogens with zero attached hydrogens (tertiary/aromatic N) is 4. The summed E-state index contributed by atoms with van der Waals surface area (Å²) in [5.74, 6) is 1.42. The van der Waals surface area contributed by atoms with Crippen molar-refractivity contribution >= 4 is 22.6 Å². The summed E-state index contributed by atoms with van der Waals surface area (Å²) in [6.45, 7) is 6.19. The fraction of sp³-hybridized carbons (Fsp3) is 0.261. The van der Waals surface area contributed by atoms with Gasteiger partial charge >= 0.3 is 0 Å². The molecule has 0 saturated heterocycles. The molecule has 4 rings (SSSR count). The van der Waals surface area contributed by atoms with Gasteiger partial charge < -0.3 is 14.6 Å². The molecule has 0 unspecified atom stereocenters. The Morgan fingerprint density at radius 2 is 1.93 bits per heavy atom. The van der Waals surface area contributed by atoms with Gasteiger partial charge in [0, 0.05) is 23.9 Å². The third kappa shape index (κ3) is 3.66. The van der Waals surface area contributed by atoms with Crippen LogP contribution in [-0.4, -0.2) is 32.3 Å². The number of hydrogen-bond acceptors (Lipinski definition) is 4. The van der Waals surface area contributed by atoms with Gasteiger partial charge in [-0.1, -0.05) is 19.1 Å². The first kappa shape index (κ1) is 19.7. The molecule has 0 atom stereocenters. The lowest BCUT2D eigenvalue weighted by molar-refractivity contribution is -0.116. The summed E-state index contributed by atoms with van der Waals surface area (Å²) in [7, 11) is 1.61. The van der Waals surface area contributed by atoms with Crippen LogP contribution in [0, 0.1) is 13.8 Å². The predicted octanol–water partition coefficient (Wildman–Crippen LogP) is 4.05. The lowest BCUT2D eigenvalue weighted by Gasteiger charge is -2.13. The molecule has 1 amide bonds. The van der Waals surface area contributed by atoms with Gasteiger partial charge in [0.1, 0.15) is 23.8 Å². The highest BCUT2D eigenvalue weighted by Crippen LogP contribution is 2.28. The van der Waals surface area contributed by atoms with Gasteiger partial charge in [-0.2, -0.15) is 5.10 Å². The van der Waals surface area contributed by atoms with Crippen LogP contribution in [0.25, 0.3) is 16.7 Å². The maximum Gasteiger partial charge on any atom is 0.244 e. The zero-order valence-electron chi connectivity index (χ0n) is 17.6. The molecule has 0 saturated carbocycles. The van der Waals surface area contributed by atoms with E-state index in [1.54, 1.807) is 7.11 Å². The number of nitrogens with one attached hydrogen (secondary N) is 1. The van der Waals surface area contributed by atoms with E-state index in [0.29, 0.717) is 11.4 Å². The third-order valence-electron chi connectivity index (χ3n) is 5.05. The highest BCUT2D eigenvalue weighted by Gasteiger charge is 2.14. The smallest absolute Gasteiger partial charge is 0.244 e. The molecule has 0 aliphatic heterocycles. The van der Waals surface area contributed by atoms with Crippen molar-refractivity contribution < 1.29 is 9.53 Å². The first-order chi connectivity index (χ1) is 14.5. The van der Waals surface area contributed by atoms with Crippen LogP contribution in [-0.2, 0) is 17.8 Å². The van der Waals surface area contributed by atoms with Gasteiger partial charge in [0.25, 0.3) is 0 Å². The molecule has 0 spiro atoms. The van der Waals surface area contributed by atoms with E-state index < -0.39 is 0 Å². The summed E-state index contributed by atoms with van der Waals surface area (Å²) in [5, 5.41) is 7.49. The first-order valence-corrected chi connectivity index (χ1v) is 9.95. The second-order valence-electron chi connectivity index (χ2n) is 7.23. The Morgan fingerprint density at radius 3 is 2.63 bits per heavy atom. The molecule has 7 nitrogen and oxygen atoms in total. The normalized spacial score (nSPS) is 11.1. The summed E-state index contributed by atoms with van der Waals surface area (Å²) in [6.07, 6.45) is 0.757. The number of aryl methyl sites for hydroxylation is 3. The number of imidazole rings is 1. The monoisotopic (exact) mass is 403 g/mol. The van der Waals surface area contributed by atoms with E-state index >= 15 is 0 Å². The summed E-state index contributed by atoms with van der Waals surface area (Å²) < 4.78 is 9.36. The van der Waals surface area contributed by atoms with Gasteiger partial charge in [-0.15, -0.1) is 0 Å². The number of benzene rings is 2. The lowest BCUT2D eigenvalue weighted by Crippen LogP contribution is -2.20. The number of carbonyl (C=O) groups excluding carboxylic acids is 1. The lowest BCUT2D eigenvalue weighted by atomic mass is 10.2. The van der Waals surface area contributed by atoms with Crippen LogP contribution in [0.3, 0.4) is 0 Å². The van der Waals surface area contributed by atoms with Crippen molar-refractivity contribution in [1.82, 2.24) is 19.3 Å². The van der Waals surface area contributed by atoms with Crippen LogP contribution >= 0.6 is 0 Å². The van der Waals surface area contributed by atoms with Crippen LogP contribution in [0.5, 0.6) is 5.75 Å². The molecule has 30 heavy (non-hydrogen) atoms. The summed E-state index contributed by atoms with van der Waals surface area (Å²) in [5.41, 5.74) is 5.31. The van der Waals surface area contributed by atoms with Crippen LogP contribution in [0.4, 0.5) is 5.69 Å². The maximum atomic E-state index is 12.8. The summed E-state index contributed by atoms with van der Waals surface area (Å²) in [4.78, 5) is 17.4. The molecule has 2 heterocycles. The maximum absolute atomic E-state index is 12.8. The van der Waals surface area contributed by atoms with Gasteiger partial charge in [0.15, 0.2) is 0 Å². The van der Waals surface area contributed by atoms with Crippen molar-refractivity contribution in [2.75, 3.05) is 12.4 Å². The number of para-hydroxylation sites is 2. The van der Waals surface area contributed by atoms with Crippen molar-refractivity contribution in [2.24, 2.45) is 0 Å². The minimum atomic E-state index is -0.117. The average Bonchev–Trinajstić information content (AvgIpc) is 3.26. The fourth-order valence-corrected chi connectivity index (χ4v) is 3.72. The van der Waals surface area contributed by atoms with Crippen LogP contribution in [0.1, 0.15) is 24.1 Å². The van der Waals surface area contributed by atoms with Gasteiger partial charge in [-0.25, -0.2) is 9.67 Å². The molecule has 2 aromatic heterocycles. The van der Waals surface area contributed by atoms with Gasteiger partial charge in [-0.05, 0) is 44.2 Å². The Balaban J connectivity index is 1.58. The molecule has 1 N–H and O–H groups in total. The van der Waals surface area contributed by atoms with E-state index in [1.165, 1.54) is 0 Å². The Labute approximate surface area is 175 Å². The molecule has 0 aliphatic carbocycles. The van der Waals surface area contributed by atoms with Gasteiger partial charge in [0.2, 0.25) is 5.91 Å². The Morgan fingerprint density at radius 1 is 1.13 bits per heavy atom. The topological polar surface area (TPSA) is 74.0 Å². The van der Waals surface area contributed by atoms with E-state index in [9.17, 15) is 4.79 Å². The molecule has 0 radical (unpaired) electrons. The number of fused-ring (bicyclic) bond motifs is 1. The molecule has 0 aliphatic rings. The van der Waals surface area contributed by atoms with Crippen LogP contribution < -0.4 is 10.1 Å². The number of ether oxygens (including phenoxy) is 1. The number of methoxy groups -OCH3 is 1. The minimum Gasteiger partial charge on any atom is -0.494 e. The highest BCUT2D eigenvalue weighted by atomic mass is 16.5. The average molecular weight is 403 g/mol. The molecule has 0 fully saturated rings. The van der Waals surface area contributed by atoms with Crippen molar-refractivity contribution in [1.29, 1.82) is 0 Å². The Kier molecular flexibility index (Phi) is 5.27. The van der Waals surface area contributed by atoms with Crippen molar-refractivity contribution in [3.05, 3.63) is 65.7 Å². The quantitative estimate of drug-likeness (QED) is 0.527. The van der Waals surface area contributed by atoms with Gasteiger partial charge in [-0.3, -0.25) is 4.79 Å². The zero-order valence-corrected chi connectivity index (χ0v) is 17.6. The van der Waals surface area contributed by atoms with Crippen molar-refractivity contribution in [3.8, 4) is 11.4 Å². The predicted molar refractivity (Wildman–Crippen MR) is 117 cm³/mol. The number of aromatic nitrogens is 4. The molecule has 2 aromatic carbocycles. The second-order valence-corrected chi connectivity index (χ2v) is 7.23. The Hall–Kier alpha value is -3.61. The molecule has 7 heteroatoms. The second kappa shape index (κ2) is 8.02. The molecular weight excluding hydrogens is 378 g/mol. The summed E-state index contributed by atoms with van der Waals surface area (Å²) in [6, 6.07) is 15.5. The number of rotatable bonds is 6. The highest BCUT2D eigenvalue weighted by molar-refractivity contribution is 5.92. The number of anilines is 1. The zero-order chi connectivity index (χ0) is 21.3. The molecule has 154 valence electrons. The standard InChI is InChI=1S/C23H25N5O2/c1-5-22-25-18-8-6-7-9-19(18)27(22)14-23(29)24-17-10-11-20(21(13-17)30-4)28-16(3)12-15(2)26-28/h6-13H,5,14H2,1-4H3,(H,24,29). The van der Waals surface area contributed by atoms with Crippen LogP contribution in [0.2, 0.25) is 0 Å². The minimum absolute atomic E-state index is 0.117. The van der Waals surface area contributed by atoms with E-state index in [-0.39, 0.29) is 12.5 Å². The first-order valence-electron chi connectivity index (χ1n) is 9.95. The number of hydrogen-bond donors (Lipinski definition) is 1.